The van der Waals surface area contributed by atoms with Crippen molar-refractivity contribution in [2.45, 2.75) is 17.4 Å². The summed E-state index contributed by atoms with van der Waals surface area (Å²) in [5.74, 6) is -1.64. The van der Waals surface area contributed by atoms with Crippen LogP contribution < -0.4 is 0 Å². The van der Waals surface area contributed by atoms with Crippen LogP contribution in [-0.4, -0.2) is 28.2 Å². The molecule has 0 amide bonds. The molecule has 0 N–H and O–H groups in total. The van der Waals surface area contributed by atoms with Gasteiger partial charge in [-0.05, 0) is 11.5 Å². The van der Waals surface area contributed by atoms with E-state index in [1.165, 1.54) is 7.11 Å². The SMILES string of the molecule is COC(=O)C(C)CSc1nc(C(F)(F)F)ns1. The fourth-order valence-electron chi connectivity index (χ4n) is 0.849. The van der Waals surface area contributed by atoms with Gasteiger partial charge in [0.1, 0.15) is 0 Å². The van der Waals surface area contributed by atoms with Crippen LogP contribution in [0.25, 0.3) is 0 Å². The number of carbonyl (C=O) groups is 1. The van der Waals surface area contributed by atoms with Gasteiger partial charge in [0, 0.05) is 5.75 Å². The Morgan fingerprint density at radius 2 is 2.24 bits per heavy atom. The largest absolute Gasteiger partial charge is 0.469 e. The number of carbonyl (C=O) groups excluding carboxylic acids is 1. The Morgan fingerprint density at radius 1 is 1.59 bits per heavy atom. The summed E-state index contributed by atoms with van der Waals surface area (Å²) in [5, 5.41) is 0. The monoisotopic (exact) mass is 286 g/mol. The summed E-state index contributed by atoms with van der Waals surface area (Å²) in [4.78, 5) is 14.4. The molecule has 96 valence electrons. The zero-order chi connectivity index (χ0) is 13.1. The van der Waals surface area contributed by atoms with Crippen LogP contribution in [0.4, 0.5) is 13.2 Å². The first-order valence-corrected chi connectivity index (χ1v) is 6.22. The standard InChI is InChI=1S/C8H9F3N2O2S2/c1-4(5(14)15-2)3-16-7-12-6(13-17-7)8(9,10)11/h4H,3H2,1-2H3. The van der Waals surface area contributed by atoms with Crippen LogP contribution in [0, 0.1) is 5.92 Å². The molecule has 0 spiro atoms. The van der Waals surface area contributed by atoms with Crippen LogP contribution in [-0.2, 0) is 15.7 Å². The number of alkyl halides is 3. The average Bonchev–Trinajstić information content (AvgIpc) is 2.72. The summed E-state index contributed by atoms with van der Waals surface area (Å²) in [6.07, 6.45) is -4.52. The lowest BCUT2D eigenvalue weighted by molar-refractivity contribution is -0.145. The Kier molecular flexibility index (Phi) is 4.75. The van der Waals surface area contributed by atoms with Crippen LogP contribution >= 0.6 is 23.3 Å². The molecule has 0 radical (unpaired) electrons. The number of nitrogens with zero attached hydrogens (tertiary/aromatic N) is 2. The van der Waals surface area contributed by atoms with Crippen molar-refractivity contribution in [3.8, 4) is 0 Å². The molecular formula is C8H9F3N2O2S2. The second-order valence-corrected chi connectivity index (χ2v) is 5.14. The van der Waals surface area contributed by atoms with Gasteiger partial charge in [0.15, 0.2) is 4.34 Å². The number of rotatable bonds is 4. The highest BCUT2D eigenvalue weighted by molar-refractivity contribution is 8.00. The number of methoxy groups -OCH3 is 1. The molecule has 0 aliphatic rings. The maximum absolute atomic E-state index is 12.2. The number of hydrogen-bond donors (Lipinski definition) is 0. The Labute approximate surface area is 104 Å². The van der Waals surface area contributed by atoms with E-state index in [-0.39, 0.29) is 4.34 Å². The van der Waals surface area contributed by atoms with Gasteiger partial charge < -0.3 is 4.74 Å². The van der Waals surface area contributed by atoms with E-state index in [4.69, 9.17) is 0 Å². The molecule has 1 aromatic rings. The van der Waals surface area contributed by atoms with Gasteiger partial charge in [0.2, 0.25) is 5.82 Å². The van der Waals surface area contributed by atoms with Crippen LogP contribution in [0.2, 0.25) is 0 Å². The van der Waals surface area contributed by atoms with Crippen molar-refractivity contribution < 1.29 is 22.7 Å². The minimum atomic E-state index is -4.52. The maximum Gasteiger partial charge on any atom is 0.452 e. The third-order valence-corrected chi connectivity index (χ3v) is 3.82. The molecule has 1 rings (SSSR count). The predicted octanol–water partition coefficient (Wildman–Crippen LogP) is 2.46. The number of halogens is 3. The number of esters is 1. The van der Waals surface area contributed by atoms with Crippen LogP contribution in [0.15, 0.2) is 4.34 Å². The van der Waals surface area contributed by atoms with Gasteiger partial charge in [-0.3, -0.25) is 4.79 Å². The zero-order valence-corrected chi connectivity index (χ0v) is 10.6. The van der Waals surface area contributed by atoms with E-state index in [0.29, 0.717) is 17.3 Å². The fraction of sp³-hybridized carbons (Fsp3) is 0.625. The molecule has 17 heavy (non-hydrogen) atoms. The van der Waals surface area contributed by atoms with Gasteiger partial charge >= 0.3 is 12.1 Å². The lowest BCUT2D eigenvalue weighted by atomic mass is 10.2. The van der Waals surface area contributed by atoms with E-state index >= 15 is 0 Å². The summed E-state index contributed by atoms with van der Waals surface area (Å²) in [7, 11) is 1.26. The first-order valence-electron chi connectivity index (χ1n) is 4.46. The molecule has 4 nitrogen and oxygen atoms in total. The molecule has 0 saturated carbocycles. The maximum atomic E-state index is 12.2. The van der Waals surface area contributed by atoms with Crippen molar-refractivity contribution in [2.24, 2.45) is 5.92 Å². The number of aromatic nitrogens is 2. The Hall–Kier alpha value is -0.830. The lowest BCUT2D eigenvalue weighted by Gasteiger charge is -2.06. The molecule has 0 aliphatic carbocycles. The number of hydrogen-bond acceptors (Lipinski definition) is 6. The third kappa shape index (κ3) is 4.15. The summed E-state index contributed by atoms with van der Waals surface area (Å²) in [6.45, 7) is 1.63. The van der Waals surface area contributed by atoms with E-state index < -0.39 is 23.9 Å². The van der Waals surface area contributed by atoms with Crippen molar-refractivity contribution in [3.05, 3.63) is 5.82 Å². The van der Waals surface area contributed by atoms with Crippen molar-refractivity contribution >= 4 is 29.3 Å². The molecule has 1 atom stereocenters. The molecule has 0 fully saturated rings. The first-order chi connectivity index (χ1) is 7.84. The van der Waals surface area contributed by atoms with Crippen molar-refractivity contribution in [1.82, 2.24) is 9.36 Å². The van der Waals surface area contributed by atoms with Crippen LogP contribution in [0.1, 0.15) is 12.7 Å². The van der Waals surface area contributed by atoms with Crippen molar-refractivity contribution in [2.75, 3.05) is 12.9 Å². The summed E-state index contributed by atoms with van der Waals surface area (Å²) >= 11 is 1.72. The zero-order valence-electron chi connectivity index (χ0n) is 8.95. The minimum Gasteiger partial charge on any atom is -0.469 e. The summed E-state index contributed by atoms with van der Waals surface area (Å²) < 4.78 is 44.4. The van der Waals surface area contributed by atoms with Gasteiger partial charge in [-0.15, -0.1) is 0 Å². The number of thioether (sulfide) groups is 1. The second-order valence-electron chi connectivity index (χ2n) is 3.12. The van der Waals surface area contributed by atoms with E-state index in [0.717, 1.165) is 11.8 Å². The Bertz CT molecular complexity index is 394. The first kappa shape index (κ1) is 14.2. The molecule has 1 unspecified atom stereocenters. The van der Waals surface area contributed by atoms with Gasteiger partial charge in [-0.1, -0.05) is 18.7 Å². The quantitative estimate of drug-likeness (QED) is 0.628. The summed E-state index contributed by atoms with van der Waals surface area (Å²) in [5.41, 5.74) is 0. The molecule has 0 bridgehead atoms. The fourth-order valence-corrected chi connectivity index (χ4v) is 2.49. The van der Waals surface area contributed by atoms with E-state index in [1.54, 1.807) is 6.92 Å². The molecule has 0 aromatic carbocycles. The molecule has 9 heteroatoms. The molecule has 1 aromatic heterocycles. The van der Waals surface area contributed by atoms with Gasteiger partial charge in [-0.2, -0.15) is 17.5 Å². The van der Waals surface area contributed by atoms with Gasteiger partial charge in [0.05, 0.1) is 13.0 Å². The summed E-state index contributed by atoms with van der Waals surface area (Å²) in [6, 6.07) is 0. The smallest absolute Gasteiger partial charge is 0.452 e. The second kappa shape index (κ2) is 5.67. The van der Waals surface area contributed by atoms with E-state index in [1.807, 2.05) is 0 Å². The minimum absolute atomic E-state index is 0.188. The van der Waals surface area contributed by atoms with Gasteiger partial charge in [0.25, 0.3) is 0 Å². The third-order valence-electron chi connectivity index (χ3n) is 1.72. The number of ether oxygens (including phenoxy) is 1. The highest BCUT2D eigenvalue weighted by Crippen LogP contribution is 2.31. The van der Waals surface area contributed by atoms with Crippen LogP contribution in [0.5, 0.6) is 0 Å². The normalized spacial score (nSPS) is 13.5. The van der Waals surface area contributed by atoms with E-state index in [9.17, 15) is 18.0 Å². The lowest BCUT2D eigenvalue weighted by Crippen LogP contribution is -2.14. The Balaban J connectivity index is 2.53. The molecular weight excluding hydrogens is 277 g/mol. The van der Waals surface area contributed by atoms with Crippen LogP contribution in [0.3, 0.4) is 0 Å². The topological polar surface area (TPSA) is 52.1 Å². The Morgan fingerprint density at radius 3 is 2.71 bits per heavy atom. The molecule has 0 aliphatic heterocycles. The average molecular weight is 286 g/mol. The van der Waals surface area contributed by atoms with Gasteiger partial charge in [-0.25, -0.2) is 4.98 Å². The highest BCUT2D eigenvalue weighted by Gasteiger charge is 2.36. The predicted molar refractivity (Wildman–Crippen MR) is 56.8 cm³/mol. The van der Waals surface area contributed by atoms with Crippen molar-refractivity contribution in [1.29, 1.82) is 0 Å². The van der Waals surface area contributed by atoms with Crippen molar-refractivity contribution in [3.63, 3.8) is 0 Å². The van der Waals surface area contributed by atoms with E-state index in [2.05, 4.69) is 14.1 Å². The highest BCUT2D eigenvalue weighted by atomic mass is 32.2. The molecule has 1 heterocycles. The molecule has 0 saturated heterocycles.